The fourth-order valence-corrected chi connectivity index (χ4v) is 2.35. The Bertz CT molecular complexity index is 546. The molecule has 0 spiro atoms. The largest absolute Gasteiger partial charge is 0.336 e. The lowest BCUT2D eigenvalue weighted by Gasteiger charge is -2.12. The van der Waals surface area contributed by atoms with Crippen LogP contribution in [0, 0.1) is 0 Å². The average Bonchev–Trinajstić information content (AvgIpc) is 2.38. The molecule has 0 unspecified atom stereocenters. The Morgan fingerprint density at radius 2 is 1.26 bits per heavy atom. The predicted molar refractivity (Wildman–Crippen MR) is 88.6 cm³/mol. The number of hydrogen-bond acceptors (Lipinski definition) is 3. The van der Waals surface area contributed by atoms with Gasteiger partial charge in [-0.3, -0.25) is 4.98 Å². The van der Waals surface area contributed by atoms with Crippen molar-refractivity contribution in [3.8, 4) is 0 Å². The number of halogens is 4. The molecule has 1 N–H and O–H groups in total. The third-order valence-electron chi connectivity index (χ3n) is 2.26. The first-order chi connectivity index (χ1) is 8.90. The van der Waals surface area contributed by atoms with Crippen molar-refractivity contribution in [3.63, 3.8) is 0 Å². The second-order valence-electron chi connectivity index (χ2n) is 3.74. The third-order valence-corrected chi connectivity index (χ3v) is 6.79. The number of hydrogen-bond donors (Lipinski definition) is 1. The van der Waals surface area contributed by atoms with Crippen LogP contribution in [0.1, 0.15) is 0 Å². The van der Waals surface area contributed by atoms with E-state index in [0.717, 1.165) is 9.13 Å². The van der Waals surface area contributed by atoms with E-state index < -0.39 is 17.1 Å². The molecule has 0 aliphatic rings. The van der Waals surface area contributed by atoms with Crippen molar-refractivity contribution >= 4 is 63.7 Å². The Hall–Kier alpha value is 0.330. The van der Waals surface area contributed by atoms with Gasteiger partial charge in [-0.15, -0.1) is 0 Å². The van der Waals surface area contributed by atoms with Crippen LogP contribution in [-0.4, -0.2) is 34.4 Å². The summed E-state index contributed by atoms with van der Waals surface area (Å²) in [5.74, 6) is 0. The maximum atomic E-state index is 12.1. The lowest BCUT2D eigenvalue weighted by atomic mass is 10.4. The smallest absolute Gasteiger partial charge is 0.259 e. The van der Waals surface area contributed by atoms with Crippen LogP contribution in [0.4, 0.5) is 0 Å². The molecule has 0 bridgehead atoms. The summed E-state index contributed by atoms with van der Waals surface area (Å²) >= 11 is 13.2. The van der Waals surface area contributed by atoms with Gasteiger partial charge in [0.2, 0.25) is 0 Å². The Balaban J connectivity index is 3.27. The number of nitrogens with one attached hydrogen (secondary N) is 1. The van der Waals surface area contributed by atoms with Gasteiger partial charge in [0, 0.05) is 33.4 Å². The Labute approximate surface area is 142 Å². The molecular formula is C9H11Br4N3O3. The molecule has 0 saturated heterocycles. The summed E-state index contributed by atoms with van der Waals surface area (Å²) in [4.78, 5) is 37.5. The summed E-state index contributed by atoms with van der Waals surface area (Å²) < 4.78 is 2.02. The summed E-state index contributed by atoms with van der Waals surface area (Å²) in [5, 5.41) is 1.17. The summed E-state index contributed by atoms with van der Waals surface area (Å²) in [6, 6.07) is 0. The van der Waals surface area contributed by atoms with E-state index in [0.29, 0.717) is 10.7 Å². The first kappa shape index (κ1) is 17.4. The molecule has 108 valence electrons. The highest BCUT2D eigenvalue weighted by atomic mass is 79.9. The van der Waals surface area contributed by atoms with Gasteiger partial charge in [0.15, 0.2) is 0 Å². The van der Waals surface area contributed by atoms with Crippen molar-refractivity contribution in [2.24, 2.45) is 0 Å². The normalized spacial score (nSPS) is 14.3. The second kappa shape index (κ2) is 7.94. The van der Waals surface area contributed by atoms with Gasteiger partial charge in [-0.1, -0.05) is 63.7 Å². The molecule has 0 saturated carbocycles. The fraction of sp³-hybridized carbons (Fsp3) is 0.667. The van der Waals surface area contributed by atoms with Crippen LogP contribution in [0.2, 0.25) is 0 Å². The molecule has 0 aliphatic carbocycles. The highest BCUT2D eigenvalue weighted by Gasteiger charge is 2.14. The van der Waals surface area contributed by atoms with Crippen LogP contribution in [0.5, 0.6) is 0 Å². The molecule has 10 heteroatoms. The van der Waals surface area contributed by atoms with Crippen molar-refractivity contribution in [1.29, 1.82) is 0 Å². The van der Waals surface area contributed by atoms with E-state index >= 15 is 0 Å². The van der Waals surface area contributed by atoms with Crippen molar-refractivity contribution in [2.45, 2.75) is 22.7 Å². The van der Waals surface area contributed by atoms with Crippen LogP contribution in [0.25, 0.3) is 0 Å². The molecule has 0 radical (unpaired) electrons. The molecule has 0 aromatic carbocycles. The second-order valence-corrected chi connectivity index (χ2v) is 7.63. The summed E-state index contributed by atoms with van der Waals surface area (Å²) in [6.07, 6.45) is 0. The minimum absolute atomic E-state index is 0.0757. The van der Waals surface area contributed by atoms with E-state index in [1.165, 1.54) is 0 Å². The van der Waals surface area contributed by atoms with Crippen molar-refractivity contribution in [1.82, 2.24) is 14.1 Å². The predicted octanol–water partition coefficient (Wildman–Crippen LogP) is 1.02. The highest BCUT2D eigenvalue weighted by Crippen LogP contribution is 2.05. The number of alkyl halides is 4. The molecule has 1 rings (SSSR count). The molecule has 6 nitrogen and oxygen atoms in total. The SMILES string of the molecule is O=c1[nH]c(=O)n(C[C@@H](Br)CBr)c(=O)n1C[C@@H](Br)CBr. The number of aromatic nitrogens is 3. The standard InChI is InChI=1S/C9H11Br4N3O3/c10-1-5(12)3-15-7(17)14-8(18)16(9(15)19)4-6(13)2-11/h5-6H,1-4H2,(H,14,17,18)/t5-,6-/m0/s1. The van der Waals surface area contributed by atoms with Crippen molar-refractivity contribution < 1.29 is 0 Å². The van der Waals surface area contributed by atoms with E-state index in [9.17, 15) is 14.4 Å². The van der Waals surface area contributed by atoms with Crippen LogP contribution in [0.15, 0.2) is 14.4 Å². The molecule has 1 aromatic heterocycles. The third kappa shape index (κ3) is 4.68. The molecule has 2 atom stereocenters. The fourth-order valence-electron chi connectivity index (χ4n) is 1.36. The van der Waals surface area contributed by atoms with Gasteiger partial charge in [-0.05, 0) is 0 Å². The number of H-pyrrole nitrogens is 1. The zero-order valence-corrected chi connectivity index (χ0v) is 16.0. The van der Waals surface area contributed by atoms with Gasteiger partial charge in [0.1, 0.15) is 0 Å². The lowest BCUT2D eigenvalue weighted by molar-refractivity contribution is 0.514. The Kier molecular flexibility index (Phi) is 7.26. The first-order valence-corrected chi connectivity index (χ1v) is 9.32. The van der Waals surface area contributed by atoms with Crippen LogP contribution in [-0.2, 0) is 13.1 Å². The van der Waals surface area contributed by atoms with Gasteiger partial charge in [0.05, 0.1) is 0 Å². The van der Waals surface area contributed by atoms with Gasteiger partial charge in [0.25, 0.3) is 0 Å². The molecule has 1 aromatic rings. The summed E-state index contributed by atoms with van der Waals surface area (Å²) in [6.45, 7) is 0.363. The monoisotopic (exact) mass is 525 g/mol. The van der Waals surface area contributed by atoms with E-state index in [1.807, 2.05) is 0 Å². The van der Waals surface area contributed by atoms with E-state index in [4.69, 9.17) is 0 Å². The molecule has 0 fully saturated rings. The Morgan fingerprint density at radius 1 is 0.895 bits per heavy atom. The minimum Gasteiger partial charge on any atom is -0.259 e. The zero-order chi connectivity index (χ0) is 14.6. The topological polar surface area (TPSA) is 76.9 Å². The zero-order valence-electron chi connectivity index (χ0n) is 9.61. The van der Waals surface area contributed by atoms with Gasteiger partial charge in [-0.2, -0.15) is 0 Å². The first-order valence-electron chi connectivity index (χ1n) is 5.24. The maximum absolute atomic E-state index is 12.1. The quantitative estimate of drug-likeness (QED) is 0.560. The van der Waals surface area contributed by atoms with E-state index in [2.05, 4.69) is 68.7 Å². The molecule has 1 heterocycles. The highest BCUT2D eigenvalue weighted by molar-refractivity contribution is 9.12. The van der Waals surface area contributed by atoms with E-state index in [-0.39, 0.29) is 22.7 Å². The summed E-state index contributed by atoms with van der Waals surface area (Å²) in [5.41, 5.74) is -1.99. The minimum atomic E-state index is -0.693. The molecule has 19 heavy (non-hydrogen) atoms. The number of aromatic amines is 1. The van der Waals surface area contributed by atoms with E-state index in [1.54, 1.807) is 0 Å². The average molecular weight is 529 g/mol. The number of rotatable bonds is 6. The lowest BCUT2D eigenvalue weighted by Crippen LogP contribution is -2.51. The van der Waals surface area contributed by atoms with Gasteiger partial charge >= 0.3 is 17.1 Å². The maximum Gasteiger partial charge on any atom is 0.336 e. The van der Waals surface area contributed by atoms with Gasteiger partial charge in [-0.25, -0.2) is 23.5 Å². The molecular weight excluding hydrogens is 518 g/mol. The number of nitrogens with zero attached hydrogens (tertiary/aromatic N) is 2. The van der Waals surface area contributed by atoms with Crippen LogP contribution < -0.4 is 17.1 Å². The molecule has 0 aliphatic heterocycles. The van der Waals surface area contributed by atoms with Crippen LogP contribution >= 0.6 is 63.7 Å². The summed E-state index contributed by atoms with van der Waals surface area (Å²) in [7, 11) is 0. The van der Waals surface area contributed by atoms with Gasteiger partial charge < -0.3 is 0 Å². The van der Waals surface area contributed by atoms with Crippen molar-refractivity contribution in [3.05, 3.63) is 31.5 Å². The van der Waals surface area contributed by atoms with Crippen molar-refractivity contribution in [2.75, 3.05) is 10.7 Å². The molecule has 0 amide bonds. The van der Waals surface area contributed by atoms with Crippen LogP contribution in [0.3, 0.4) is 0 Å². The Morgan fingerprint density at radius 3 is 1.58 bits per heavy atom.